The summed E-state index contributed by atoms with van der Waals surface area (Å²) in [6.45, 7) is 4.09. The molecule has 2 N–H and O–H groups in total. The smallest absolute Gasteiger partial charge is 0.291 e. The molecule has 4 rings (SSSR count). The first-order valence-corrected chi connectivity index (χ1v) is 10.9. The lowest BCUT2D eigenvalue weighted by atomic mass is 10.1. The van der Waals surface area contributed by atoms with Gasteiger partial charge in [-0.05, 0) is 61.0 Å². The fraction of sp³-hybridized carbons (Fsp3) is 0.240. The van der Waals surface area contributed by atoms with Crippen LogP contribution < -0.4 is 10.6 Å². The van der Waals surface area contributed by atoms with Crippen molar-refractivity contribution in [2.24, 2.45) is 0 Å². The van der Waals surface area contributed by atoms with E-state index in [0.29, 0.717) is 43.1 Å². The Hall–Kier alpha value is -3.98. The van der Waals surface area contributed by atoms with Gasteiger partial charge in [-0.15, -0.1) is 0 Å². The van der Waals surface area contributed by atoms with Crippen molar-refractivity contribution in [3.8, 4) is 0 Å². The number of carbonyl (C=O) groups is 3. The molecular formula is C25H25FN4O4. The minimum atomic E-state index is -0.384. The van der Waals surface area contributed by atoms with Gasteiger partial charge in [0.25, 0.3) is 11.8 Å². The molecule has 1 aliphatic heterocycles. The van der Waals surface area contributed by atoms with Crippen LogP contribution in [-0.4, -0.2) is 60.2 Å². The highest BCUT2D eigenvalue weighted by Crippen LogP contribution is 2.20. The Morgan fingerprint density at radius 2 is 1.71 bits per heavy atom. The molecule has 0 spiro atoms. The minimum absolute atomic E-state index is 0.135. The van der Waals surface area contributed by atoms with Crippen LogP contribution >= 0.6 is 0 Å². The maximum Gasteiger partial charge on any atom is 0.291 e. The topological polar surface area (TPSA) is 94.9 Å². The zero-order valence-corrected chi connectivity index (χ0v) is 18.7. The quantitative estimate of drug-likeness (QED) is 0.583. The Morgan fingerprint density at radius 3 is 2.38 bits per heavy atom. The molecule has 1 fully saturated rings. The predicted molar refractivity (Wildman–Crippen MR) is 125 cm³/mol. The Kier molecular flexibility index (Phi) is 7.03. The first-order chi connectivity index (χ1) is 16.4. The third-order valence-corrected chi connectivity index (χ3v) is 5.63. The van der Waals surface area contributed by atoms with Gasteiger partial charge in [0, 0.05) is 43.1 Å². The van der Waals surface area contributed by atoms with E-state index in [-0.39, 0.29) is 35.8 Å². The van der Waals surface area contributed by atoms with Crippen LogP contribution in [0.2, 0.25) is 0 Å². The van der Waals surface area contributed by atoms with Gasteiger partial charge in [-0.1, -0.05) is 6.07 Å². The average molecular weight is 464 g/mol. The van der Waals surface area contributed by atoms with Gasteiger partial charge in [0.15, 0.2) is 5.76 Å². The monoisotopic (exact) mass is 464 g/mol. The molecular weight excluding hydrogens is 439 g/mol. The van der Waals surface area contributed by atoms with Crippen molar-refractivity contribution in [1.29, 1.82) is 0 Å². The molecule has 0 radical (unpaired) electrons. The first kappa shape index (κ1) is 23.2. The molecule has 176 valence electrons. The number of amides is 3. The van der Waals surface area contributed by atoms with E-state index in [9.17, 15) is 18.8 Å². The summed E-state index contributed by atoms with van der Waals surface area (Å²) >= 11 is 0. The molecule has 0 aliphatic carbocycles. The van der Waals surface area contributed by atoms with Gasteiger partial charge in [0.2, 0.25) is 5.91 Å². The largest absolute Gasteiger partial charge is 0.459 e. The summed E-state index contributed by atoms with van der Waals surface area (Å²) in [6.07, 6.45) is 1.42. The average Bonchev–Trinajstić information content (AvgIpc) is 3.37. The number of piperazine rings is 1. The van der Waals surface area contributed by atoms with E-state index in [0.717, 1.165) is 5.56 Å². The summed E-state index contributed by atoms with van der Waals surface area (Å²) in [7, 11) is 0. The van der Waals surface area contributed by atoms with Gasteiger partial charge < -0.3 is 20.0 Å². The van der Waals surface area contributed by atoms with Crippen LogP contribution in [0.5, 0.6) is 0 Å². The normalized spacial score (nSPS) is 14.0. The van der Waals surface area contributed by atoms with Crippen LogP contribution in [0.4, 0.5) is 15.8 Å². The zero-order valence-electron chi connectivity index (χ0n) is 18.7. The van der Waals surface area contributed by atoms with Crippen molar-refractivity contribution < 1.29 is 23.2 Å². The lowest BCUT2D eigenvalue weighted by molar-refractivity contribution is -0.117. The summed E-state index contributed by atoms with van der Waals surface area (Å²) in [6, 6.07) is 14.0. The number of carbonyl (C=O) groups excluding carboxylic acids is 3. The Labute approximate surface area is 196 Å². The first-order valence-electron chi connectivity index (χ1n) is 10.9. The van der Waals surface area contributed by atoms with Gasteiger partial charge in [-0.25, -0.2) is 4.39 Å². The second-order valence-electron chi connectivity index (χ2n) is 8.08. The van der Waals surface area contributed by atoms with Crippen molar-refractivity contribution in [2.75, 3.05) is 43.4 Å². The van der Waals surface area contributed by atoms with Crippen LogP contribution in [-0.2, 0) is 4.79 Å². The van der Waals surface area contributed by atoms with Gasteiger partial charge in [0.05, 0.1) is 12.8 Å². The van der Waals surface area contributed by atoms with Crippen LogP contribution in [0.15, 0.2) is 65.3 Å². The van der Waals surface area contributed by atoms with Crippen molar-refractivity contribution in [2.45, 2.75) is 6.92 Å². The lowest BCUT2D eigenvalue weighted by Crippen LogP contribution is -2.50. The van der Waals surface area contributed by atoms with E-state index >= 15 is 0 Å². The summed E-state index contributed by atoms with van der Waals surface area (Å²) in [5, 5.41) is 5.53. The molecule has 0 bridgehead atoms. The SMILES string of the molecule is Cc1ccc(C(=O)N2CCN(CC(=O)Nc3ccc(F)cc3)CC2)cc1NC(=O)c1ccco1. The number of aryl methyl sites for hydroxylation is 1. The fourth-order valence-electron chi connectivity index (χ4n) is 3.71. The Morgan fingerprint density at radius 1 is 0.971 bits per heavy atom. The zero-order chi connectivity index (χ0) is 24.1. The Balaban J connectivity index is 1.31. The molecule has 1 aromatic heterocycles. The van der Waals surface area contributed by atoms with Gasteiger partial charge in [0.1, 0.15) is 5.82 Å². The number of nitrogens with zero attached hydrogens (tertiary/aromatic N) is 2. The highest BCUT2D eigenvalue weighted by atomic mass is 19.1. The molecule has 1 aliphatic rings. The second kappa shape index (κ2) is 10.3. The van der Waals surface area contributed by atoms with Gasteiger partial charge in [-0.2, -0.15) is 0 Å². The number of benzene rings is 2. The van der Waals surface area contributed by atoms with Crippen LogP contribution in [0, 0.1) is 12.7 Å². The second-order valence-corrected chi connectivity index (χ2v) is 8.08. The predicted octanol–water partition coefficient (Wildman–Crippen LogP) is 3.38. The van der Waals surface area contributed by atoms with Crippen molar-refractivity contribution in [3.05, 3.63) is 83.6 Å². The van der Waals surface area contributed by atoms with E-state index in [2.05, 4.69) is 10.6 Å². The molecule has 0 unspecified atom stereocenters. The third kappa shape index (κ3) is 5.68. The molecule has 34 heavy (non-hydrogen) atoms. The fourth-order valence-corrected chi connectivity index (χ4v) is 3.71. The van der Waals surface area contributed by atoms with Crippen LogP contribution in [0.3, 0.4) is 0 Å². The van der Waals surface area contributed by atoms with E-state index in [1.165, 1.54) is 30.5 Å². The molecule has 2 heterocycles. The molecule has 2 aromatic carbocycles. The molecule has 3 aromatic rings. The molecule has 0 saturated carbocycles. The summed E-state index contributed by atoms with van der Waals surface area (Å²) in [4.78, 5) is 41.3. The van der Waals surface area contributed by atoms with Gasteiger partial charge >= 0.3 is 0 Å². The number of halogens is 1. The highest BCUT2D eigenvalue weighted by molar-refractivity contribution is 6.04. The summed E-state index contributed by atoms with van der Waals surface area (Å²) in [5.74, 6) is -0.883. The molecule has 1 saturated heterocycles. The lowest BCUT2D eigenvalue weighted by Gasteiger charge is -2.34. The van der Waals surface area contributed by atoms with Crippen molar-refractivity contribution in [1.82, 2.24) is 9.80 Å². The number of hydrogen-bond acceptors (Lipinski definition) is 5. The maximum atomic E-state index is 13.0. The molecule has 9 heteroatoms. The van der Waals surface area contributed by atoms with Crippen LogP contribution in [0.25, 0.3) is 0 Å². The van der Waals surface area contributed by atoms with E-state index in [1.54, 1.807) is 35.2 Å². The Bertz CT molecular complexity index is 1170. The van der Waals surface area contributed by atoms with E-state index in [1.807, 2.05) is 11.8 Å². The number of nitrogens with one attached hydrogen (secondary N) is 2. The van der Waals surface area contributed by atoms with E-state index in [4.69, 9.17) is 4.42 Å². The molecule has 0 atom stereocenters. The molecule has 3 amide bonds. The maximum absolute atomic E-state index is 13.0. The van der Waals surface area contributed by atoms with Crippen LogP contribution in [0.1, 0.15) is 26.5 Å². The standard InChI is InChI=1S/C25H25FN4O4/c1-17-4-5-18(15-21(17)28-24(32)22-3-2-14-34-22)25(33)30-12-10-29(11-13-30)16-23(31)27-20-8-6-19(26)7-9-20/h2-9,14-15H,10-13,16H2,1H3,(H,27,31)(H,28,32). The number of rotatable bonds is 6. The number of hydrogen-bond donors (Lipinski definition) is 2. The molecule has 8 nitrogen and oxygen atoms in total. The van der Waals surface area contributed by atoms with Crippen molar-refractivity contribution >= 4 is 29.1 Å². The highest BCUT2D eigenvalue weighted by Gasteiger charge is 2.24. The van der Waals surface area contributed by atoms with E-state index < -0.39 is 0 Å². The summed E-state index contributed by atoms with van der Waals surface area (Å²) < 4.78 is 18.1. The summed E-state index contributed by atoms with van der Waals surface area (Å²) in [5.41, 5.74) is 2.38. The van der Waals surface area contributed by atoms with Crippen molar-refractivity contribution in [3.63, 3.8) is 0 Å². The number of anilines is 2. The number of furan rings is 1. The third-order valence-electron chi connectivity index (χ3n) is 5.63. The minimum Gasteiger partial charge on any atom is -0.459 e. The van der Waals surface area contributed by atoms with Gasteiger partial charge in [-0.3, -0.25) is 19.3 Å².